The third-order valence-corrected chi connectivity index (χ3v) is 3.13. The van der Waals surface area contributed by atoms with E-state index in [1.54, 1.807) is 7.11 Å². The molecular formula is C12H11ClN4O. The molecule has 3 aromatic rings. The second-order valence-corrected chi connectivity index (χ2v) is 4.22. The Morgan fingerprint density at radius 3 is 2.89 bits per heavy atom. The maximum atomic E-state index is 6.15. The number of halogens is 1. The monoisotopic (exact) mass is 262 g/mol. The Hall–Kier alpha value is -1.88. The van der Waals surface area contributed by atoms with E-state index in [0.29, 0.717) is 22.1 Å². The van der Waals surface area contributed by atoms with Crippen molar-refractivity contribution >= 4 is 28.3 Å². The predicted octanol–water partition coefficient (Wildman–Crippen LogP) is 2.50. The summed E-state index contributed by atoms with van der Waals surface area (Å²) in [6.45, 7) is 2.02. The van der Waals surface area contributed by atoms with Gasteiger partial charge in [-0.3, -0.25) is 4.40 Å². The van der Waals surface area contributed by atoms with E-state index < -0.39 is 0 Å². The lowest BCUT2D eigenvalue weighted by Crippen LogP contribution is -1.98. The maximum Gasteiger partial charge on any atom is 0.199 e. The summed E-state index contributed by atoms with van der Waals surface area (Å²) in [6.07, 6.45) is 0.772. The van der Waals surface area contributed by atoms with Crippen molar-refractivity contribution in [2.75, 3.05) is 7.11 Å². The van der Waals surface area contributed by atoms with E-state index in [1.807, 2.05) is 29.5 Å². The summed E-state index contributed by atoms with van der Waals surface area (Å²) < 4.78 is 7.23. The first-order valence-electron chi connectivity index (χ1n) is 5.62. The molecule has 0 aliphatic carbocycles. The van der Waals surface area contributed by atoms with Crippen LogP contribution in [0.5, 0.6) is 5.75 Å². The first-order valence-corrected chi connectivity index (χ1v) is 6.00. The number of benzene rings is 1. The first-order chi connectivity index (χ1) is 8.76. The number of aryl methyl sites for hydroxylation is 1. The van der Waals surface area contributed by atoms with Crippen LogP contribution in [0.4, 0.5) is 0 Å². The van der Waals surface area contributed by atoms with Crippen LogP contribution in [0.15, 0.2) is 18.2 Å². The van der Waals surface area contributed by atoms with Gasteiger partial charge in [0.25, 0.3) is 0 Å². The van der Waals surface area contributed by atoms with Crippen molar-refractivity contribution in [3.05, 3.63) is 29.2 Å². The molecule has 0 aliphatic heterocycles. The highest BCUT2D eigenvalue weighted by atomic mass is 35.5. The number of fused-ring (bicyclic) bond motifs is 3. The Bertz CT molecular complexity index is 738. The molecule has 0 atom stereocenters. The number of rotatable bonds is 2. The molecule has 0 N–H and O–H groups in total. The van der Waals surface area contributed by atoms with Gasteiger partial charge >= 0.3 is 0 Å². The van der Waals surface area contributed by atoms with Crippen LogP contribution in [0, 0.1) is 0 Å². The molecule has 0 radical (unpaired) electrons. The molecule has 18 heavy (non-hydrogen) atoms. The molecule has 0 amide bonds. The molecule has 5 nitrogen and oxygen atoms in total. The molecule has 0 spiro atoms. The Labute approximate surface area is 108 Å². The fraction of sp³-hybridized carbons (Fsp3) is 0.250. The van der Waals surface area contributed by atoms with Crippen LogP contribution in [0.1, 0.15) is 12.7 Å². The Morgan fingerprint density at radius 1 is 1.33 bits per heavy atom. The minimum Gasteiger partial charge on any atom is -0.494 e. The van der Waals surface area contributed by atoms with Gasteiger partial charge in [-0.2, -0.15) is 0 Å². The topological polar surface area (TPSA) is 52.3 Å². The van der Waals surface area contributed by atoms with Crippen LogP contribution in [-0.4, -0.2) is 26.7 Å². The van der Waals surface area contributed by atoms with Crippen molar-refractivity contribution in [3.63, 3.8) is 0 Å². The lowest BCUT2D eigenvalue weighted by Gasteiger charge is -2.07. The number of methoxy groups -OCH3 is 1. The summed E-state index contributed by atoms with van der Waals surface area (Å²) in [4.78, 5) is 4.34. The maximum absolute atomic E-state index is 6.15. The number of para-hydroxylation sites is 1. The van der Waals surface area contributed by atoms with Crippen LogP contribution in [-0.2, 0) is 6.42 Å². The van der Waals surface area contributed by atoms with Gasteiger partial charge in [-0.25, -0.2) is 4.98 Å². The zero-order chi connectivity index (χ0) is 12.7. The van der Waals surface area contributed by atoms with Crippen LogP contribution in [0.2, 0.25) is 5.15 Å². The highest BCUT2D eigenvalue weighted by Crippen LogP contribution is 2.27. The quantitative estimate of drug-likeness (QED) is 0.712. The van der Waals surface area contributed by atoms with Crippen molar-refractivity contribution in [3.8, 4) is 5.75 Å². The van der Waals surface area contributed by atoms with Crippen molar-refractivity contribution in [1.82, 2.24) is 19.6 Å². The van der Waals surface area contributed by atoms with E-state index in [1.165, 1.54) is 0 Å². The third kappa shape index (κ3) is 1.44. The lowest BCUT2D eigenvalue weighted by molar-refractivity contribution is 0.419. The summed E-state index contributed by atoms with van der Waals surface area (Å²) in [6, 6.07) is 5.72. The molecule has 0 bridgehead atoms. The summed E-state index contributed by atoms with van der Waals surface area (Å²) in [5.74, 6) is 1.54. The Morgan fingerprint density at radius 2 is 2.17 bits per heavy atom. The number of hydrogen-bond acceptors (Lipinski definition) is 4. The number of hydrogen-bond donors (Lipinski definition) is 0. The van der Waals surface area contributed by atoms with Crippen LogP contribution < -0.4 is 4.74 Å². The molecule has 2 aromatic heterocycles. The number of nitrogens with zero attached hydrogens (tertiary/aromatic N) is 4. The minimum absolute atomic E-state index is 0.333. The molecule has 92 valence electrons. The second kappa shape index (κ2) is 4.10. The van der Waals surface area contributed by atoms with Crippen molar-refractivity contribution < 1.29 is 4.74 Å². The normalized spacial score (nSPS) is 11.3. The Kier molecular flexibility index (Phi) is 2.56. The fourth-order valence-electron chi connectivity index (χ4n) is 2.05. The molecule has 0 saturated heterocycles. The van der Waals surface area contributed by atoms with E-state index >= 15 is 0 Å². The lowest BCUT2D eigenvalue weighted by atomic mass is 10.2. The Balaban J connectivity index is 2.55. The first kappa shape index (κ1) is 11.2. The highest BCUT2D eigenvalue weighted by Gasteiger charge is 2.14. The molecule has 0 unspecified atom stereocenters. The predicted molar refractivity (Wildman–Crippen MR) is 69.2 cm³/mol. The van der Waals surface area contributed by atoms with Gasteiger partial charge < -0.3 is 4.74 Å². The van der Waals surface area contributed by atoms with E-state index in [9.17, 15) is 0 Å². The van der Waals surface area contributed by atoms with Gasteiger partial charge in [0.15, 0.2) is 10.8 Å². The highest BCUT2D eigenvalue weighted by molar-refractivity contribution is 6.32. The second-order valence-electron chi connectivity index (χ2n) is 3.86. The van der Waals surface area contributed by atoms with Crippen LogP contribution in [0.25, 0.3) is 16.7 Å². The van der Waals surface area contributed by atoms with Gasteiger partial charge in [-0.15, -0.1) is 10.2 Å². The van der Waals surface area contributed by atoms with E-state index in [4.69, 9.17) is 16.3 Å². The largest absolute Gasteiger partial charge is 0.494 e. The molecule has 0 saturated carbocycles. The van der Waals surface area contributed by atoms with Gasteiger partial charge in [-0.05, 0) is 12.1 Å². The molecule has 1 aromatic carbocycles. The van der Waals surface area contributed by atoms with Gasteiger partial charge in [0.05, 0.1) is 12.6 Å². The number of ether oxygens (including phenoxy) is 1. The van der Waals surface area contributed by atoms with E-state index in [-0.39, 0.29) is 0 Å². The van der Waals surface area contributed by atoms with Crippen LogP contribution >= 0.6 is 11.6 Å². The average Bonchev–Trinajstić information content (AvgIpc) is 2.83. The molecule has 0 aliphatic rings. The van der Waals surface area contributed by atoms with Crippen LogP contribution in [0.3, 0.4) is 0 Å². The summed E-state index contributed by atoms with van der Waals surface area (Å²) >= 11 is 6.15. The summed E-state index contributed by atoms with van der Waals surface area (Å²) in [7, 11) is 1.61. The van der Waals surface area contributed by atoms with Gasteiger partial charge in [-0.1, -0.05) is 24.6 Å². The summed E-state index contributed by atoms with van der Waals surface area (Å²) in [5.41, 5.74) is 2.19. The minimum atomic E-state index is 0.333. The molecule has 0 fully saturated rings. The zero-order valence-corrected chi connectivity index (χ0v) is 10.8. The van der Waals surface area contributed by atoms with Gasteiger partial charge in [0.2, 0.25) is 0 Å². The smallest absolute Gasteiger partial charge is 0.199 e. The van der Waals surface area contributed by atoms with Gasteiger partial charge in [0.1, 0.15) is 17.1 Å². The van der Waals surface area contributed by atoms with E-state index in [0.717, 1.165) is 17.8 Å². The standard InChI is InChI=1S/C12H11ClN4O/c1-3-9-15-16-12-11(13)14-10-7(17(9)12)5-4-6-8(10)18-2/h4-6H,3H2,1-2H3. The molecule has 3 rings (SSSR count). The SMILES string of the molecule is CCc1nnc2c(Cl)nc3c(OC)cccc3n12. The van der Waals surface area contributed by atoms with Gasteiger partial charge in [0, 0.05) is 6.42 Å². The average molecular weight is 263 g/mol. The zero-order valence-electron chi connectivity index (χ0n) is 10.0. The summed E-state index contributed by atoms with van der Waals surface area (Å²) in [5, 5.41) is 8.53. The molecule has 2 heterocycles. The fourth-order valence-corrected chi connectivity index (χ4v) is 2.26. The molecular weight excluding hydrogens is 252 g/mol. The molecule has 6 heteroatoms. The number of aromatic nitrogens is 4. The third-order valence-electron chi connectivity index (χ3n) is 2.88. The van der Waals surface area contributed by atoms with E-state index in [2.05, 4.69) is 15.2 Å². The van der Waals surface area contributed by atoms with Crippen molar-refractivity contribution in [2.45, 2.75) is 13.3 Å². The van der Waals surface area contributed by atoms with Crippen molar-refractivity contribution in [2.24, 2.45) is 0 Å². The van der Waals surface area contributed by atoms with Crippen molar-refractivity contribution in [1.29, 1.82) is 0 Å².